The number of fused-ring (bicyclic) bond motifs is 1. The molecule has 1 saturated heterocycles. The summed E-state index contributed by atoms with van der Waals surface area (Å²) in [5.41, 5.74) is 3.53. The quantitative estimate of drug-likeness (QED) is 0.570. The molecule has 4 rings (SSSR count). The van der Waals surface area contributed by atoms with Crippen LogP contribution in [0, 0.1) is 10.1 Å². The number of amides is 1. The van der Waals surface area contributed by atoms with Gasteiger partial charge in [0, 0.05) is 32.2 Å². The minimum atomic E-state index is -0.540. The van der Waals surface area contributed by atoms with Crippen molar-refractivity contribution in [1.82, 2.24) is 9.88 Å². The van der Waals surface area contributed by atoms with Crippen molar-refractivity contribution in [3.8, 4) is 5.75 Å². The molecule has 29 heavy (non-hydrogen) atoms. The molecule has 0 N–H and O–H groups in total. The summed E-state index contributed by atoms with van der Waals surface area (Å²) >= 11 is 0. The van der Waals surface area contributed by atoms with Crippen LogP contribution in [-0.2, 0) is 17.6 Å². The Balaban J connectivity index is 1.31. The number of hydrogen-bond donors (Lipinski definition) is 0. The van der Waals surface area contributed by atoms with Crippen molar-refractivity contribution in [3.05, 3.63) is 57.8 Å². The molecule has 2 aliphatic rings. The highest BCUT2D eigenvalue weighted by Crippen LogP contribution is 2.27. The number of nitro groups is 1. The van der Waals surface area contributed by atoms with Gasteiger partial charge >= 0.3 is 5.82 Å². The molecule has 1 aromatic carbocycles. The summed E-state index contributed by atoms with van der Waals surface area (Å²) in [6.07, 6.45) is 4.35. The zero-order valence-electron chi connectivity index (χ0n) is 16.4. The van der Waals surface area contributed by atoms with Crippen LogP contribution in [0.4, 0.5) is 11.5 Å². The zero-order valence-corrected chi connectivity index (χ0v) is 16.4. The van der Waals surface area contributed by atoms with E-state index in [0.29, 0.717) is 26.2 Å². The molecule has 1 aliphatic carbocycles. The average molecular weight is 396 g/mol. The molecule has 2 heterocycles. The van der Waals surface area contributed by atoms with Gasteiger partial charge in [0.15, 0.2) is 12.3 Å². The van der Waals surface area contributed by atoms with Crippen molar-refractivity contribution < 1.29 is 14.5 Å². The van der Waals surface area contributed by atoms with E-state index in [9.17, 15) is 14.9 Å². The SMILES string of the molecule is C[C@@H](Oc1ccc2c(c1)CCC2)C(=O)N1CCN(c2ccc([N+](=O)[O-])nc2)CC1. The standard InChI is InChI=1S/C21H24N4O4/c1-15(29-19-7-5-16-3-2-4-17(16)13-19)21(26)24-11-9-23(10-12-24)18-6-8-20(22-14-18)25(27)28/h5-8,13-15H,2-4,9-12H2,1H3/t15-/m1/s1. The summed E-state index contributed by atoms with van der Waals surface area (Å²) in [5.74, 6) is 0.564. The number of nitrogens with zero attached hydrogens (tertiary/aromatic N) is 4. The molecule has 0 bridgehead atoms. The smallest absolute Gasteiger partial charge is 0.363 e. The number of carbonyl (C=O) groups excluding carboxylic acids is 1. The first kappa shape index (κ1) is 19.2. The van der Waals surface area contributed by atoms with Crippen LogP contribution in [0.2, 0.25) is 0 Å². The summed E-state index contributed by atoms with van der Waals surface area (Å²) in [6.45, 7) is 4.25. The molecule has 1 aliphatic heterocycles. The largest absolute Gasteiger partial charge is 0.481 e. The Labute approximate surface area is 169 Å². The first-order chi connectivity index (χ1) is 14.0. The first-order valence-corrected chi connectivity index (χ1v) is 9.94. The van der Waals surface area contributed by atoms with E-state index in [1.165, 1.54) is 29.8 Å². The molecule has 8 nitrogen and oxygen atoms in total. The topological polar surface area (TPSA) is 88.8 Å². The lowest BCUT2D eigenvalue weighted by atomic mass is 10.1. The van der Waals surface area contributed by atoms with Crippen molar-refractivity contribution in [1.29, 1.82) is 0 Å². The van der Waals surface area contributed by atoms with Gasteiger partial charge in [-0.3, -0.25) is 4.79 Å². The van der Waals surface area contributed by atoms with E-state index < -0.39 is 11.0 Å². The van der Waals surface area contributed by atoms with Gasteiger partial charge < -0.3 is 24.7 Å². The number of ether oxygens (including phenoxy) is 1. The molecule has 0 radical (unpaired) electrons. The average Bonchev–Trinajstić information content (AvgIpc) is 3.21. The number of pyridine rings is 1. The van der Waals surface area contributed by atoms with Crippen LogP contribution in [0.3, 0.4) is 0 Å². The first-order valence-electron chi connectivity index (χ1n) is 9.94. The number of anilines is 1. The second-order valence-electron chi connectivity index (χ2n) is 7.49. The highest BCUT2D eigenvalue weighted by molar-refractivity contribution is 5.81. The van der Waals surface area contributed by atoms with Crippen molar-refractivity contribution in [3.63, 3.8) is 0 Å². The Bertz CT molecular complexity index is 907. The van der Waals surface area contributed by atoms with Crippen LogP contribution < -0.4 is 9.64 Å². The Hall–Kier alpha value is -3.16. The Morgan fingerprint density at radius 3 is 2.59 bits per heavy atom. The van der Waals surface area contributed by atoms with Crippen LogP contribution in [0.25, 0.3) is 0 Å². The zero-order chi connectivity index (χ0) is 20.4. The maximum Gasteiger partial charge on any atom is 0.363 e. The van der Waals surface area contributed by atoms with Crippen molar-refractivity contribution in [2.24, 2.45) is 0 Å². The summed E-state index contributed by atoms with van der Waals surface area (Å²) < 4.78 is 5.92. The van der Waals surface area contributed by atoms with Crippen LogP contribution >= 0.6 is 0 Å². The highest BCUT2D eigenvalue weighted by Gasteiger charge is 2.27. The predicted octanol–water partition coefficient (Wildman–Crippen LogP) is 2.59. The Kier molecular flexibility index (Phi) is 5.33. The third-order valence-corrected chi connectivity index (χ3v) is 5.61. The summed E-state index contributed by atoms with van der Waals surface area (Å²) in [7, 11) is 0. The van der Waals surface area contributed by atoms with Crippen LogP contribution in [-0.4, -0.2) is 53.0 Å². The third-order valence-electron chi connectivity index (χ3n) is 5.61. The van der Waals surface area contributed by atoms with Gasteiger partial charge in [-0.15, -0.1) is 0 Å². The molecule has 152 valence electrons. The lowest BCUT2D eigenvalue weighted by Crippen LogP contribution is -2.52. The van der Waals surface area contributed by atoms with Gasteiger partial charge in [0.25, 0.3) is 5.91 Å². The van der Waals surface area contributed by atoms with E-state index in [-0.39, 0.29) is 11.7 Å². The molecule has 1 aromatic heterocycles. The van der Waals surface area contributed by atoms with E-state index in [1.807, 2.05) is 11.0 Å². The normalized spacial score (nSPS) is 17.0. The molecule has 2 aromatic rings. The fourth-order valence-electron chi connectivity index (χ4n) is 3.99. The second kappa shape index (κ2) is 8.06. The minimum absolute atomic E-state index is 0.0213. The predicted molar refractivity (Wildman–Crippen MR) is 108 cm³/mol. The van der Waals surface area contributed by atoms with E-state index in [2.05, 4.69) is 22.0 Å². The van der Waals surface area contributed by atoms with Gasteiger partial charge in [-0.1, -0.05) is 6.07 Å². The van der Waals surface area contributed by atoms with Gasteiger partial charge in [0.2, 0.25) is 0 Å². The Morgan fingerprint density at radius 2 is 1.90 bits per heavy atom. The molecular weight excluding hydrogens is 372 g/mol. The fraction of sp³-hybridized carbons (Fsp3) is 0.429. The number of aromatic nitrogens is 1. The molecule has 0 unspecified atom stereocenters. The van der Waals surface area contributed by atoms with Crippen LogP contribution in [0.15, 0.2) is 36.5 Å². The maximum absolute atomic E-state index is 12.8. The third kappa shape index (κ3) is 4.16. The molecule has 8 heteroatoms. The Morgan fingerprint density at radius 1 is 1.14 bits per heavy atom. The molecule has 1 atom stereocenters. The molecule has 0 saturated carbocycles. The lowest BCUT2D eigenvalue weighted by molar-refractivity contribution is -0.389. The van der Waals surface area contributed by atoms with Crippen molar-refractivity contribution >= 4 is 17.4 Å². The maximum atomic E-state index is 12.8. The lowest BCUT2D eigenvalue weighted by Gasteiger charge is -2.36. The summed E-state index contributed by atoms with van der Waals surface area (Å²) in [6, 6.07) is 9.21. The van der Waals surface area contributed by atoms with E-state index in [1.54, 1.807) is 13.0 Å². The van der Waals surface area contributed by atoms with Gasteiger partial charge in [-0.05, 0) is 65.4 Å². The number of benzene rings is 1. The number of rotatable bonds is 5. The van der Waals surface area contributed by atoms with Crippen molar-refractivity contribution in [2.45, 2.75) is 32.3 Å². The minimum Gasteiger partial charge on any atom is -0.481 e. The molecule has 0 spiro atoms. The number of carbonyl (C=O) groups is 1. The highest BCUT2D eigenvalue weighted by atomic mass is 16.6. The van der Waals surface area contributed by atoms with E-state index >= 15 is 0 Å². The number of aryl methyl sites for hydroxylation is 2. The van der Waals surface area contributed by atoms with Gasteiger partial charge in [0.1, 0.15) is 5.75 Å². The fourth-order valence-corrected chi connectivity index (χ4v) is 3.99. The van der Waals surface area contributed by atoms with Crippen molar-refractivity contribution in [2.75, 3.05) is 31.1 Å². The van der Waals surface area contributed by atoms with E-state index in [4.69, 9.17) is 4.74 Å². The molecule has 1 fully saturated rings. The monoisotopic (exact) mass is 396 g/mol. The van der Waals surface area contributed by atoms with Crippen LogP contribution in [0.5, 0.6) is 5.75 Å². The van der Waals surface area contributed by atoms with E-state index in [0.717, 1.165) is 24.3 Å². The molecule has 1 amide bonds. The summed E-state index contributed by atoms with van der Waals surface area (Å²) in [5, 5.41) is 10.7. The number of hydrogen-bond acceptors (Lipinski definition) is 6. The van der Waals surface area contributed by atoms with Gasteiger partial charge in [-0.25, -0.2) is 0 Å². The van der Waals surface area contributed by atoms with Gasteiger partial charge in [0.05, 0.1) is 5.69 Å². The van der Waals surface area contributed by atoms with Crippen LogP contribution in [0.1, 0.15) is 24.5 Å². The summed E-state index contributed by atoms with van der Waals surface area (Å²) in [4.78, 5) is 30.8. The second-order valence-corrected chi connectivity index (χ2v) is 7.49. The number of piperazine rings is 1. The molecular formula is C21H24N4O4. The van der Waals surface area contributed by atoms with Gasteiger partial charge in [-0.2, -0.15) is 0 Å².